The highest BCUT2D eigenvalue weighted by Crippen LogP contribution is 2.25. The van der Waals surface area contributed by atoms with E-state index in [0.717, 1.165) is 23.4 Å². The van der Waals surface area contributed by atoms with Gasteiger partial charge in [0.05, 0.1) is 12.2 Å². The number of esters is 1. The smallest absolute Gasteiger partial charge is 0.330 e. The van der Waals surface area contributed by atoms with Crippen LogP contribution < -0.4 is 16.6 Å². The van der Waals surface area contributed by atoms with Crippen molar-refractivity contribution in [3.8, 4) is 5.88 Å². The number of ether oxygens (including phenoxy) is 1. The van der Waals surface area contributed by atoms with Gasteiger partial charge < -0.3 is 20.9 Å². The number of aromatic hydroxyl groups is 1. The fourth-order valence-electron chi connectivity index (χ4n) is 3.16. The predicted molar refractivity (Wildman–Crippen MR) is 111 cm³/mol. The molecule has 0 atom stereocenters. The molecule has 0 aromatic carbocycles. The van der Waals surface area contributed by atoms with Crippen molar-refractivity contribution < 1.29 is 24.2 Å². The maximum Gasteiger partial charge on any atom is 0.330 e. The molecule has 0 radical (unpaired) electrons. The molecule has 2 aromatic rings. The molecule has 0 saturated heterocycles. The SMILES string of the molecule is CCOC(=O)/C=C/c1c(C(N)=O)nn2c(O)c(C(=O)NC3CC3)c(=O)n(CC(C)C)c12. The van der Waals surface area contributed by atoms with Crippen LogP contribution in [0, 0.1) is 5.92 Å². The van der Waals surface area contributed by atoms with Crippen LogP contribution in [0.4, 0.5) is 0 Å². The van der Waals surface area contributed by atoms with Gasteiger partial charge in [0.25, 0.3) is 17.4 Å². The monoisotopic (exact) mass is 431 g/mol. The number of amides is 2. The number of carbonyl (C=O) groups is 3. The number of rotatable bonds is 8. The molecule has 11 nitrogen and oxygen atoms in total. The Labute approximate surface area is 177 Å². The lowest BCUT2D eigenvalue weighted by Crippen LogP contribution is -2.36. The highest BCUT2D eigenvalue weighted by molar-refractivity contribution is 6.00. The van der Waals surface area contributed by atoms with Crippen LogP contribution >= 0.6 is 0 Å². The molecule has 0 spiro atoms. The molecule has 2 heterocycles. The highest BCUT2D eigenvalue weighted by Gasteiger charge is 2.31. The molecule has 11 heteroatoms. The molecular weight excluding hydrogens is 406 g/mol. The van der Waals surface area contributed by atoms with Gasteiger partial charge in [0.1, 0.15) is 0 Å². The Morgan fingerprint density at radius 3 is 2.58 bits per heavy atom. The number of nitrogens with one attached hydrogen (secondary N) is 1. The summed E-state index contributed by atoms with van der Waals surface area (Å²) in [6, 6.07) is -0.0394. The minimum Gasteiger partial charge on any atom is -0.492 e. The fraction of sp³-hybridized carbons (Fsp3) is 0.450. The van der Waals surface area contributed by atoms with E-state index in [1.807, 2.05) is 13.8 Å². The Kier molecular flexibility index (Phi) is 6.14. The van der Waals surface area contributed by atoms with Crippen molar-refractivity contribution in [2.45, 2.75) is 46.2 Å². The van der Waals surface area contributed by atoms with Gasteiger partial charge in [0.15, 0.2) is 16.9 Å². The summed E-state index contributed by atoms with van der Waals surface area (Å²) in [6.45, 7) is 5.68. The van der Waals surface area contributed by atoms with Crippen LogP contribution in [0.5, 0.6) is 5.88 Å². The summed E-state index contributed by atoms with van der Waals surface area (Å²) in [4.78, 5) is 49.7. The molecule has 166 valence electrons. The molecule has 3 rings (SSSR count). The summed E-state index contributed by atoms with van der Waals surface area (Å²) >= 11 is 0. The number of nitrogens with zero attached hydrogens (tertiary/aromatic N) is 3. The van der Waals surface area contributed by atoms with Crippen molar-refractivity contribution in [3.05, 3.63) is 33.3 Å². The van der Waals surface area contributed by atoms with Crippen molar-refractivity contribution >= 4 is 29.5 Å². The topological polar surface area (TPSA) is 158 Å². The average Bonchev–Trinajstić information content (AvgIpc) is 3.40. The van der Waals surface area contributed by atoms with Crippen molar-refractivity contribution in [3.63, 3.8) is 0 Å². The molecule has 4 N–H and O–H groups in total. The fourth-order valence-corrected chi connectivity index (χ4v) is 3.16. The van der Waals surface area contributed by atoms with Gasteiger partial charge >= 0.3 is 5.97 Å². The van der Waals surface area contributed by atoms with Crippen LogP contribution in [0.1, 0.15) is 60.0 Å². The predicted octanol–water partition coefficient (Wildman–Crippen LogP) is 0.425. The van der Waals surface area contributed by atoms with Crippen molar-refractivity contribution in [2.24, 2.45) is 11.7 Å². The van der Waals surface area contributed by atoms with Crippen LogP contribution in [-0.2, 0) is 16.1 Å². The molecule has 0 bridgehead atoms. The minimum atomic E-state index is -0.931. The third-order valence-electron chi connectivity index (χ3n) is 4.63. The molecule has 1 saturated carbocycles. The van der Waals surface area contributed by atoms with Gasteiger partial charge in [-0.3, -0.25) is 19.0 Å². The van der Waals surface area contributed by atoms with Gasteiger partial charge in [-0.25, -0.2) is 4.79 Å². The zero-order chi connectivity index (χ0) is 22.9. The van der Waals surface area contributed by atoms with E-state index in [2.05, 4.69) is 10.4 Å². The second-order valence-electron chi connectivity index (χ2n) is 7.70. The van der Waals surface area contributed by atoms with Gasteiger partial charge in [0.2, 0.25) is 5.88 Å². The van der Waals surface area contributed by atoms with Gasteiger partial charge in [-0.2, -0.15) is 9.61 Å². The lowest BCUT2D eigenvalue weighted by Gasteiger charge is -2.15. The standard InChI is InChI=1S/C20H25N5O6/c1-4-31-13(26)8-7-12-15(16(21)27)23-25-18(12)24(9-10(2)3)19(29)14(20(25)30)17(28)22-11-5-6-11/h7-8,10-11,30H,4-6,9H2,1-3H3,(H2,21,27)(H,22,28)/b8-7+. The van der Waals surface area contributed by atoms with E-state index in [1.165, 1.54) is 10.6 Å². The van der Waals surface area contributed by atoms with E-state index >= 15 is 0 Å². The molecule has 31 heavy (non-hydrogen) atoms. The number of aromatic nitrogens is 3. The Morgan fingerprint density at radius 1 is 1.35 bits per heavy atom. The summed E-state index contributed by atoms with van der Waals surface area (Å²) in [6.07, 6.45) is 3.92. The molecule has 1 aliphatic rings. The summed E-state index contributed by atoms with van der Waals surface area (Å²) in [5.41, 5.74) is 4.05. The zero-order valence-corrected chi connectivity index (χ0v) is 17.5. The van der Waals surface area contributed by atoms with Crippen molar-refractivity contribution in [1.29, 1.82) is 0 Å². The quantitative estimate of drug-likeness (QED) is 0.404. The average molecular weight is 431 g/mol. The zero-order valence-electron chi connectivity index (χ0n) is 17.5. The number of fused-ring (bicyclic) bond motifs is 1. The molecular formula is C20H25N5O6. The summed E-state index contributed by atoms with van der Waals surface area (Å²) in [5, 5.41) is 17.4. The third kappa shape index (κ3) is 4.44. The number of nitrogens with two attached hydrogens (primary N) is 1. The lowest BCUT2D eigenvalue weighted by molar-refractivity contribution is -0.137. The first-order valence-corrected chi connectivity index (χ1v) is 9.99. The molecule has 2 aromatic heterocycles. The van der Waals surface area contributed by atoms with Crippen LogP contribution in [0.25, 0.3) is 11.7 Å². The van der Waals surface area contributed by atoms with E-state index in [-0.39, 0.29) is 42.0 Å². The Balaban J connectivity index is 2.31. The lowest BCUT2D eigenvalue weighted by atomic mass is 10.1. The van der Waals surface area contributed by atoms with E-state index in [4.69, 9.17) is 10.5 Å². The van der Waals surface area contributed by atoms with Gasteiger partial charge in [-0.15, -0.1) is 0 Å². The van der Waals surface area contributed by atoms with E-state index < -0.39 is 34.8 Å². The Bertz CT molecular complexity index is 1140. The largest absolute Gasteiger partial charge is 0.492 e. The third-order valence-corrected chi connectivity index (χ3v) is 4.63. The summed E-state index contributed by atoms with van der Waals surface area (Å²) in [7, 11) is 0. The van der Waals surface area contributed by atoms with Crippen LogP contribution in [0.3, 0.4) is 0 Å². The molecule has 1 aliphatic carbocycles. The van der Waals surface area contributed by atoms with Crippen LogP contribution in [0.2, 0.25) is 0 Å². The van der Waals surface area contributed by atoms with E-state index in [0.29, 0.717) is 0 Å². The second kappa shape index (κ2) is 8.62. The summed E-state index contributed by atoms with van der Waals surface area (Å²) < 4.78 is 7.02. The van der Waals surface area contributed by atoms with Gasteiger partial charge in [-0.1, -0.05) is 13.8 Å². The van der Waals surface area contributed by atoms with E-state index in [1.54, 1.807) is 6.92 Å². The van der Waals surface area contributed by atoms with Gasteiger partial charge in [0, 0.05) is 18.7 Å². The second-order valence-corrected chi connectivity index (χ2v) is 7.70. The number of carbonyl (C=O) groups excluding carboxylic acids is 3. The van der Waals surface area contributed by atoms with E-state index in [9.17, 15) is 24.3 Å². The minimum absolute atomic E-state index is 0.0285. The first-order chi connectivity index (χ1) is 14.6. The normalized spacial score (nSPS) is 13.8. The first-order valence-electron chi connectivity index (χ1n) is 9.99. The first kappa shape index (κ1) is 22.1. The number of hydrogen-bond acceptors (Lipinski definition) is 7. The Hall–Kier alpha value is -3.63. The molecule has 1 fully saturated rings. The maximum absolute atomic E-state index is 13.2. The van der Waals surface area contributed by atoms with Crippen LogP contribution in [0.15, 0.2) is 10.9 Å². The molecule has 0 aliphatic heterocycles. The van der Waals surface area contributed by atoms with Crippen LogP contribution in [-0.4, -0.2) is 49.7 Å². The van der Waals surface area contributed by atoms with Crippen molar-refractivity contribution in [2.75, 3.05) is 6.61 Å². The summed E-state index contributed by atoms with van der Waals surface area (Å²) in [5.74, 6) is -3.06. The Morgan fingerprint density at radius 2 is 2.03 bits per heavy atom. The molecule has 2 amide bonds. The molecule has 0 unspecified atom stereocenters. The number of hydrogen-bond donors (Lipinski definition) is 3. The van der Waals surface area contributed by atoms with Gasteiger partial charge in [-0.05, 0) is 31.8 Å². The highest BCUT2D eigenvalue weighted by atomic mass is 16.5. The van der Waals surface area contributed by atoms with Crippen molar-refractivity contribution in [1.82, 2.24) is 19.5 Å². The number of primary amides is 1. The maximum atomic E-state index is 13.2.